The van der Waals surface area contributed by atoms with Gasteiger partial charge < -0.3 is 10.2 Å². The van der Waals surface area contributed by atoms with Gasteiger partial charge in [0.15, 0.2) is 0 Å². The lowest BCUT2D eigenvalue weighted by Gasteiger charge is -2.36. The fourth-order valence-electron chi connectivity index (χ4n) is 2.32. The van der Waals surface area contributed by atoms with Crippen LogP contribution >= 0.6 is 23.8 Å². The first-order valence-electron chi connectivity index (χ1n) is 5.92. The number of aliphatic imine (C=N–C) groups is 1. The minimum Gasteiger partial charge on any atom is -0.481 e. The summed E-state index contributed by atoms with van der Waals surface area (Å²) in [6, 6.07) is 5.39. The molecule has 1 aliphatic heterocycles. The number of hydrogen-bond acceptors (Lipinski definition) is 3. The van der Waals surface area contributed by atoms with Crippen LogP contribution in [0.1, 0.15) is 18.5 Å². The molecule has 0 aromatic heterocycles. The molecule has 1 amide bonds. The first-order valence-corrected chi connectivity index (χ1v) is 6.71. The van der Waals surface area contributed by atoms with Crippen molar-refractivity contribution >= 4 is 46.7 Å². The Bertz CT molecular complexity index is 661. The maximum absolute atomic E-state index is 11.5. The Morgan fingerprint density at radius 3 is 2.57 bits per heavy atom. The van der Waals surface area contributed by atoms with Crippen molar-refractivity contribution in [3.8, 4) is 0 Å². The van der Waals surface area contributed by atoms with Crippen LogP contribution < -0.4 is 0 Å². The SMILES string of the molecule is CC1=NC(=S)N(C(=O)O)C(c2cccc(Cl)c2)C1C(=O)O. The van der Waals surface area contributed by atoms with Gasteiger partial charge in [-0.2, -0.15) is 0 Å². The van der Waals surface area contributed by atoms with E-state index in [1.54, 1.807) is 18.2 Å². The van der Waals surface area contributed by atoms with Gasteiger partial charge in [-0.3, -0.25) is 4.79 Å². The molecule has 2 unspecified atom stereocenters. The standard InChI is InChI=1S/C13H11ClN2O4S/c1-6-9(11(17)18)10(7-3-2-4-8(14)5-7)16(13(19)20)12(21)15-6/h2-5,9-10H,1H3,(H,17,18)(H,19,20). The highest BCUT2D eigenvalue weighted by Gasteiger charge is 2.43. The number of aliphatic carboxylic acids is 1. The summed E-state index contributed by atoms with van der Waals surface area (Å²) in [7, 11) is 0. The maximum Gasteiger partial charge on any atom is 0.414 e. The summed E-state index contributed by atoms with van der Waals surface area (Å²) in [5, 5.41) is 19.0. The largest absolute Gasteiger partial charge is 0.481 e. The van der Waals surface area contributed by atoms with Crippen LogP contribution in [0.5, 0.6) is 0 Å². The molecule has 1 aromatic carbocycles. The van der Waals surface area contributed by atoms with Crippen molar-refractivity contribution in [1.82, 2.24) is 4.90 Å². The first-order chi connectivity index (χ1) is 9.82. The Kier molecular flexibility index (Phi) is 4.24. The predicted octanol–water partition coefficient (Wildman–Crippen LogP) is 2.82. The zero-order valence-electron chi connectivity index (χ0n) is 10.9. The van der Waals surface area contributed by atoms with E-state index in [0.717, 1.165) is 4.90 Å². The Labute approximate surface area is 130 Å². The van der Waals surface area contributed by atoms with Gasteiger partial charge in [-0.05, 0) is 36.8 Å². The van der Waals surface area contributed by atoms with Crippen molar-refractivity contribution in [2.75, 3.05) is 0 Å². The van der Waals surface area contributed by atoms with Gasteiger partial charge in [0.05, 0.1) is 6.04 Å². The van der Waals surface area contributed by atoms with Crippen LogP contribution in [0.25, 0.3) is 0 Å². The summed E-state index contributed by atoms with van der Waals surface area (Å²) >= 11 is 10.9. The third-order valence-electron chi connectivity index (χ3n) is 3.18. The van der Waals surface area contributed by atoms with Crippen LogP contribution in [0.3, 0.4) is 0 Å². The minimum absolute atomic E-state index is 0.178. The second kappa shape index (κ2) is 5.79. The second-order valence-corrected chi connectivity index (χ2v) is 5.31. The van der Waals surface area contributed by atoms with E-state index in [0.29, 0.717) is 10.6 Å². The Hall–Kier alpha value is -1.99. The zero-order chi connectivity index (χ0) is 15.7. The highest BCUT2D eigenvalue weighted by Crippen LogP contribution is 2.35. The quantitative estimate of drug-likeness (QED) is 0.816. The third kappa shape index (κ3) is 2.88. The molecule has 2 atom stereocenters. The number of carbonyl (C=O) groups is 2. The number of amides is 1. The molecule has 2 rings (SSSR count). The molecule has 1 aliphatic rings. The van der Waals surface area contributed by atoms with Crippen molar-refractivity contribution in [2.24, 2.45) is 10.9 Å². The second-order valence-electron chi connectivity index (χ2n) is 4.50. The predicted molar refractivity (Wildman–Crippen MR) is 80.9 cm³/mol. The molecule has 0 saturated carbocycles. The molecule has 6 nitrogen and oxygen atoms in total. The molecule has 110 valence electrons. The van der Waals surface area contributed by atoms with E-state index < -0.39 is 24.0 Å². The number of rotatable bonds is 2. The van der Waals surface area contributed by atoms with Crippen LogP contribution in [0.4, 0.5) is 4.79 Å². The van der Waals surface area contributed by atoms with Gasteiger partial charge in [0.25, 0.3) is 0 Å². The van der Waals surface area contributed by atoms with Gasteiger partial charge in [0.2, 0.25) is 5.11 Å². The summed E-state index contributed by atoms with van der Waals surface area (Å²) in [6.45, 7) is 1.52. The number of hydrogen-bond donors (Lipinski definition) is 2. The average molecular weight is 327 g/mol. The van der Waals surface area contributed by atoms with Crippen molar-refractivity contribution in [3.05, 3.63) is 34.9 Å². The van der Waals surface area contributed by atoms with Gasteiger partial charge in [-0.15, -0.1) is 0 Å². The molecular weight excluding hydrogens is 316 g/mol. The summed E-state index contributed by atoms with van der Waals surface area (Å²) in [5.74, 6) is -2.29. The first kappa shape index (κ1) is 15.4. The topological polar surface area (TPSA) is 90.2 Å². The van der Waals surface area contributed by atoms with Gasteiger partial charge in [0, 0.05) is 10.7 Å². The van der Waals surface area contributed by atoms with Crippen molar-refractivity contribution < 1.29 is 19.8 Å². The molecule has 0 fully saturated rings. The maximum atomic E-state index is 11.5. The Balaban J connectivity index is 2.63. The van der Waals surface area contributed by atoms with E-state index in [-0.39, 0.29) is 10.8 Å². The van der Waals surface area contributed by atoms with E-state index >= 15 is 0 Å². The van der Waals surface area contributed by atoms with E-state index in [9.17, 15) is 19.8 Å². The van der Waals surface area contributed by atoms with E-state index in [1.807, 2.05) is 0 Å². The third-order valence-corrected chi connectivity index (χ3v) is 3.71. The monoisotopic (exact) mass is 326 g/mol. The lowest BCUT2D eigenvalue weighted by molar-refractivity contribution is -0.140. The molecule has 21 heavy (non-hydrogen) atoms. The highest BCUT2D eigenvalue weighted by atomic mass is 35.5. The molecule has 2 N–H and O–H groups in total. The van der Waals surface area contributed by atoms with E-state index in [2.05, 4.69) is 4.99 Å². The number of thiocarbonyl (C=S) groups is 1. The van der Waals surface area contributed by atoms with Crippen LogP contribution in [0, 0.1) is 5.92 Å². The smallest absolute Gasteiger partial charge is 0.414 e. The molecule has 0 aliphatic carbocycles. The van der Waals surface area contributed by atoms with Crippen molar-refractivity contribution in [2.45, 2.75) is 13.0 Å². The van der Waals surface area contributed by atoms with Crippen molar-refractivity contribution in [3.63, 3.8) is 0 Å². The molecule has 0 radical (unpaired) electrons. The summed E-state index contributed by atoms with van der Waals surface area (Å²) in [4.78, 5) is 27.6. The zero-order valence-corrected chi connectivity index (χ0v) is 12.4. The number of nitrogens with zero attached hydrogens (tertiary/aromatic N) is 2. The van der Waals surface area contributed by atoms with E-state index in [1.165, 1.54) is 13.0 Å². The van der Waals surface area contributed by atoms with Gasteiger partial charge in [-0.1, -0.05) is 23.7 Å². The number of carboxylic acids is 1. The number of halogens is 1. The molecule has 8 heteroatoms. The molecule has 0 bridgehead atoms. The number of carboxylic acid groups (broad SMARTS) is 2. The lowest BCUT2D eigenvalue weighted by atomic mass is 9.87. The summed E-state index contributed by atoms with van der Waals surface area (Å²) in [6.07, 6.45) is -1.35. The fraction of sp³-hybridized carbons (Fsp3) is 0.231. The van der Waals surface area contributed by atoms with Crippen LogP contribution in [-0.4, -0.2) is 38.0 Å². The fourth-order valence-corrected chi connectivity index (χ4v) is 2.85. The van der Waals surface area contributed by atoms with Crippen LogP contribution in [-0.2, 0) is 4.79 Å². The summed E-state index contributed by atoms with van der Waals surface area (Å²) in [5.41, 5.74) is 0.712. The van der Waals surface area contributed by atoms with Crippen molar-refractivity contribution in [1.29, 1.82) is 0 Å². The normalized spacial score (nSPS) is 21.9. The van der Waals surface area contributed by atoms with Gasteiger partial charge in [-0.25, -0.2) is 14.7 Å². The Morgan fingerprint density at radius 1 is 1.38 bits per heavy atom. The van der Waals surface area contributed by atoms with Gasteiger partial charge >= 0.3 is 12.1 Å². The molecule has 0 spiro atoms. The molecule has 1 aromatic rings. The van der Waals surface area contributed by atoms with Crippen LogP contribution in [0.2, 0.25) is 5.02 Å². The molecule has 0 saturated heterocycles. The van der Waals surface area contributed by atoms with E-state index in [4.69, 9.17) is 23.8 Å². The lowest BCUT2D eigenvalue weighted by Crippen LogP contribution is -2.48. The number of benzene rings is 1. The average Bonchev–Trinajstić information content (AvgIpc) is 2.36. The molecular formula is C13H11ClN2O4S. The highest BCUT2D eigenvalue weighted by molar-refractivity contribution is 7.80. The molecule has 1 heterocycles. The Morgan fingerprint density at radius 2 is 2.05 bits per heavy atom. The minimum atomic E-state index is -1.35. The van der Waals surface area contributed by atoms with Gasteiger partial charge in [0.1, 0.15) is 5.92 Å². The summed E-state index contributed by atoms with van der Waals surface area (Å²) < 4.78 is 0. The van der Waals surface area contributed by atoms with Crippen LogP contribution in [0.15, 0.2) is 29.3 Å².